The fraction of sp³-hybridized carbons (Fsp3) is 0.500. The molecule has 5 rings (SSSR count). The molecule has 1 N–H and O–H groups in total. The van der Waals surface area contributed by atoms with E-state index >= 15 is 0 Å². The van der Waals surface area contributed by atoms with Crippen LogP contribution in [0, 0.1) is 5.92 Å². The average Bonchev–Trinajstić information content (AvgIpc) is 3.61. The van der Waals surface area contributed by atoms with E-state index < -0.39 is 17.7 Å². The van der Waals surface area contributed by atoms with Gasteiger partial charge < -0.3 is 24.8 Å². The second-order valence-corrected chi connectivity index (χ2v) is 12.2. The number of nitrogens with zero attached hydrogens (tertiary/aromatic N) is 4. The molecule has 8 nitrogen and oxygen atoms in total. The standard InChI is InChI=1S/C30H38ClN5O3/c1-20(21-7-8-21)33-24-9-10-25(26(16-24)34-11-5-6-12-34)28(37)36-14-13-35(29(38)39-30(2,3)4)19-27(36)22-15-23(31)18-32-17-22/h9-10,15-18,21,27,33H,1,5-8,11-14,19H2,2-4H3. The zero-order valence-corrected chi connectivity index (χ0v) is 23.8. The Morgan fingerprint density at radius 3 is 2.49 bits per heavy atom. The number of rotatable bonds is 6. The average molecular weight is 552 g/mol. The zero-order valence-electron chi connectivity index (χ0n) is 23.1. The van der Waals surface area contributed by atoms with Crippen molar-refractivity contribution in [1.29, 1.82) is 0 Å². The highest BCUT2D eigenvalue weighted by molar-refractivity contribution is 6.30. The molecule has 3 fully saturated rings. The predicted octanol–water partition coefficient (Wildman–Crippen LogP) is 6.11. The molecular weight excluding hydrogens is 514 g/mol. The Hall–Kier alpha value is -3.26. The maximum Gasteiger partial charge on any atom is 0.410 e. The molecule has 2 saturated heterocycles. The van der Waals surface area contributed by atoms with Crippen LogP contribution in [0.1, 0.15) is 68.4 Å². The molecule has 2 amide bonds. The lowest BCUT2D eigenvalue weighted by molar-refractivity contribution is 0.00406. The molecule has 1 atom stereocenters. The van der Waals surface area contributed by atoms with Gasteiger partial charge in [-0.25, -0.2) is 4.79 Å². The van der Waals surface area contributed by atoms with Crippen molar-refractivity contribution in [3.63, 3.8) is 0 Å². The lowest BCUT2D eigenvalue weighted by atomic mass is 10.0. The Kier molecular flexibility index (Phi) is 7.76. The number of carbonyl (C=O) groups is 2. The molecule has 1 unspecified atom stereocenters. The molecule has 3 heterocycles. The zero-order chi connectivity index (χ0) is 27.7. The molecule has 39 heavy (non-hydrogen) atoms. The van der Waals surface area contributed by atoms with Crippen LogP contribution in [-0.2, 0) is 4.74 Å². The topological polar surface area (TPSA) is 78.0 Å². The largest absolute Gasteiger partial charge is 0.444 e. The van der Waals surface area contributed by atoms with Gasteiger partial charge >= 0.3 is 6.09 Å². The van der Waals surface area contributed by atoms with Gasteiger partial charge in [0.2, 0.25) is 0 Å². The minimum atomic E-state index is -0.609. The van der Waals surface area contributed by atoms with E-state index in [2.05, 4.69) is 27.8 Å². The number of allylic oxidation sites excluding steroid dienone is 1. The second-order valence-electron chi connectivity index (χ2n) is 11.7. The van der Waals surface area contributed by atoms with Gasteiger partial charge in [-0.2, -0.15) is 0 Å². The first-order valence-electron chi connectivity index (χ1n) is 13.8. The Bertz CT molecular complexity index is 1250. The van der Waals surface area contributed by atoms with Gasteiger partial charge in [-0.15, -0.1) is 0 Å². The van der Waals surface area contributed by atoms with Crippen LogP contribution in [-0.4, -0.2) is 65.1 Å². The van der Waals surface area contributed by atoms with E-state index in [4.69, 9.17) is 16.3 Å². The van der Waals surface area contributed by atoms with Crippen LogP contribution >= 0.6 is 11.6 Å². The smallest absolute Gasteiger partial charge is 0.410 e. The summed E-state index contributed by atoms with van der Waals surface area (Å²) >= 11 is 6.30. The third kappa shape index (κ3) is 6.49. The molecule has 1 aromatic carbocycles. The van der Waals surface area contributed by atoms with E-state index in [9.17, 15) is 9.59 Å². The third-order valence-corrected chi connectivity index (χ3v) is 7.66. The number of nitrogens with one attached hydrogen (secondary N) is 1. The van der Waals surface area contributed by atoms with Crippen molar-refractivity contribution in [1.82, 2.24) is 14.8 Å². The van der Waals surface area contributed by atoms with Crippen LogP contribution in [0.2, 0.25) is 5.02 Å². The first kappa shape index (κ1) is 27.3. The fourth-order valence-corrected chi connectivity index (χ4v) is 5.48. The van der Waals surface area contributed by atoms with Crippen LogP contribution in [0.4, 0.5) is 16.2 Å². The number of aromatic nitrogens is 1. The number of ether oxygens (including phenoxy) is 1. The minimum absolute atomic E-state index is 0.0710. The Labute approximate surface area is 236 Å². The second kappa shape index (κ2) is 11.1. The molecule has 0 radical (unpaired) electrons. The summed E-state index contributed by atoms with van der Waals surface area (Å²) in [6.07, 6.45) is 7.45. The summed E-state index contributed by atoms with van der Waals surface area (Å²) in [7, 11) is 0. The summed E-state index contributed by atoms with van der Waals surface area (Å²) in [5.74, 6) is 0.466. The van der Waals surface area contributed by atoms with Gasteiger partial charge in [-0.1, -0.05) is 18.2 Å². The van der Waals surface area contributed by atoms with E-state index in [1.807, 2.05) is 43.9 Å². The van der Waals surface area contributed by atoms with Gasteiger partial charge in [0.05, 0.1) is 22.3 Å². The number of piperazine rings is 1. The molecule has 0 bridgehead atoms. The fourth-order valence-electron chi connectivity index (χ4n) is 5.30. The van der Waals surface area contributed by atoms with Crippen molar-refractivity contribution < 1.29 is 14.3 Å². The molecule has 0 spiro atoms. The summed E-state index contributed by atoms with van der Waals surface area (Å²) in [5, 5.41) is 3.95. The number of amides is 2. The van der Waals surface area contributed by atoms with E-state index in [-0.39, 0.29) is 5.91 Å². The molecule has 3 aliphatic rings. The number of benzene rings is 1. The Morgan fingerprint density at radius 2 is 1.82 bits per heavy atom. The summed E-state index contributed by atoms with van der Waals surface area (Å²) < 4.78 is 5.64. The van der Waals surface area contributed by atoms with E-state index in [1.165, 1.54) is 12.8 Å². The van der Waals surface area contributed by atoms with E-state index in [0.29, 0.717) is 36.1 Å². The van der Waals surface area contributed by atoms with Crippen molar-refractivity contribution in [2.24, 2.45) is 5.92 Å². The van der Waals surface area contributed by atoms with Gasteiger partial charge in [0, 0.05) is 56.5 Å². The van der Waals surface area contributed by atoms with Crippen LogP contribution in [0.3, 0.4) is 0 Å². The quantitative estimate of drug-likeness (QED) is 0.467. The van der Waals surface area contributed by atoms with Gasteiger partial charge in [-0.05, 0) is 82.2 Å². The number of halogens is 1. The van der Waals surface area contributed by atoms with Crippen molar-refractivity contribution in [3.05, 3.63) is 65.1 Å². The lowest BCUT2D eigenvalue weighted by Crippen LogP contribution is -2.53. The highest BCUT2D eigenvalue weighted by atomic mass is 35.5. The first-order valence-corrected chi connectivity index (χ1v) is 14.2. The molecule has 1 saturated carbocycles. The number of hydrogen-bond donors (Lipinski definition) is 1. The highest BCUT2D eigenvalue weighted by Crippen LogP contribution is 2.38. The predicted molar refractivity (Wildman–Crippen MR) is 154 cm³/mol. The molecule has 9 heteroatoms. The number of pyridine rings is 1. The highest BCUT2D eigenvalue weighted by Gasteiger charge is 2.37. The molecule has 1 aromatic heterocycles. The Balaban J connectivity index is 1.45. The lowest BCUT2D eigenvalue weighted by Gasteiger charge is -2.42. The van der Waals surface area contributed by atoms with Gasteiger partial charge in [0.15, 0.2) is 0 Å². The molecule has 208 valence electrons. The molecule has 2 aromatic rings. The van der Waals surface area contributed by atoms with Gasteiger partial charge in [0.1, 0.15) is 5.60 Å². The van der Waals surface area contributed by atoms with E-state index in [0.717, 1.165) is 48.6 Å². The minimum Gasteiger partial charge on any atom is -0.444 e. The van der Waals surface area contributed by atoms with Crippen molar-refractivity contribution in [3.8, 4) is 0 Å². The van der Waals surface area contributed by atoms with Crippen LogP contribution in [0.5, 0.6) is 0 Å². The summed E-state index contributed by atoms with van der Waals surface area (Å²) in [6, 6.07) is 7.37. The third-order valence-electron chi connectivity index (χ3n) is 7.45. The number of hydrogen-bond acceptors (Lipinski definition) is 6. The van der Waals surface area contributed by atoms with Crippen LogP contribution in [0.25, 0.3) is 0 Å². The SMILES string of the molecule is C=C(Nc1ccc(C(=O)N2CCN(C(=O)OC(C)(C)C)CC2c2cncc(Cl)c2)c(N2CCCC2)c1)C1CC1. The molecule has 1 aliphatic carbocycles. The van der Waals surface area contributed by atoms with Gasteiger partial charge in [0.25, 0.3) is 5.91 Å². The molecular formula is C30H38ClN5O3. The maximum absolute atomic E-state index is 14.3. The Morgan fingerprint density at radius 1 is 1.08 bits per heavy atom. The molecule has 2 aliphatic heterocycles. The summed E-state index contributed by atoms with van der Waals surface area (Å²) in [4.78, 5) is 37.3. The first-order chi connectivity index (χ1) is 18.6. The van der Waals surface area contributed by atoms with Gasteiger partial charge in [-0.3, -0.25) is 9.78 Å². The van der Waals surface area contributed by atoms with Crippen molar-refractivity contribution in [2.45, 2.75) is 58.1 Å². The monoisotopic (exact) mass is 551 g/mol. The normalized spacial score (nSPS) is 19.7. The van der Waals surface area contributed by atoms with Crippen molar-refractivity contribution >= 4 is 35.0 Å². The summed E-state index contributed by atoms with van der Waals surface area (Å²) in [6.45, 7) is 12.6. The van der Waals surface area contributed by atoms with Crippen molar-refractivity contribution in [2.75, 3.05) is 42.9 Å². The number of anilines is 2. The maximum atomic E-state index is 14.3. The van der Waals surface area contributed by atoms with E-state index in [1.54, 1.807) is 17.3 Å². The van der Waals surface area contributed by atoms with Crippen LogP contribution in [0.15, 0.2) is 48.9 Å². The van der Waals surface area contributed by atoms with Crippen LogP contribution < -0.4 is 10.2 Å². The number of carbonyl (C=O) groups excluding carboxylic acids is 2. The summed E-state index contributed by atoms with van der Waals surface area (Å²) in [5.41, 5.74) is 3.76.